The zero-order valence-electron chi connectivity index (χ0n) is 8.45. The summed E-state index contributed by atoms with van der Waals surface area (Å²) in [5, 5.41) is 3.42. The molecular weight excluding hydrogens is 170 g/mol. The van der Waals surface area contributed by atoms with Gasteiger partial charge in [-0.2, -0.15) is 0 Å². The topological polar surface area (TPSA) is 12.0 Å². The molecule has 1 N–H and O–H groups in total. The third-order valence-electron chi connectivity index (χ3n) is 2.70. The van der Waals surface area contributed by atoms with Gasteiger partial charge in [-0.25, -0.2) is 0 Å². The lowest BCUT2D eigenvalue weighted by atomic mass is 9.98. The third kappa shape index (κ3) is 2.71. The van der Waals surface area contributed by atoms with Gasteiger partial charge in [0.25, 0.3) is 0 Å². The van der Waals surface area contributed by atoms with E-state index in [0.29, 0.717) is 0 Å². The maximum Gasteiger partial charge on any atom is 0.00143 e. The van der Waals surface area contributed by atoms with Crippen molar-refractivity contribution in [2.45, 2.75) is 12.8 Å². The molecule has 1 saturated heterocycles. The van der Waals surface area contributed by atoms with Crippen molar-refractivity contribution in [3.8, 4) is 0 Å². The molecule has 1 aliphatic rings. The molecule has 1 nitrogen and oxygen atoms in total. The van der Waals surface area contributed by atoms with Crippen molar-refractivity contribution in [2.24, 2.45) is 5.92 Å². The largest absolute Gasteiger partial charge is 0.316 e. The lowest BCUT2D eigenvalue weighted by molar-refractivity contribution is 0.439. The summed E-state index contributed by atoms with van der Waals surface area (Å²) in [6, 6.07) is 10.5. The Morgan fingerprint density at radius 1 is 1.21 bits per heavy atom. The van der Waals surface area contributed by atoms with Crippen molar-refractivity contribution >= 4 is 6.08 Å². The lowest BCUT2D eigenvalue weighted by Gasteiger charge is -2.19. The summed E-state index contributed by atoms with van der Waals surface area (Å²) in [5.74, 6) is 0.726. The minimum Gasteiger partial charge on any atom is -0.316 e. The van der Waals surface area contributed by atoms with Gasteiger partial charge in [0.2, 0.25) is 0 Å². The Hall–Kier alpha value is -1.08. The molecule has 0 saturated carbocycles. The van der Waals surface area contributed by atoms with Gasteiger partial charge in [-0.3, -0.25) is 0 Å². The Labute approximate surface area is 85.8 Å². The predicted octanol–water partition coefficient (Wildman–Crippen LogP) is 2.70. The Bertz CT molecular complexity index is 283. The van der Waals surface area contributed by atoms with Gasteiger partial charge in [0.05, 0.1) is 0 Å². The van der Waals surface area contributed by atoms with Crippen LogP contribution in [0.5, 0.6) is 0 Å². The van der Waals surface area contributed by atoms with Gasteiger partial charge in [0.15, 0.2) is 0 Å². The predicted molar refractivity (Wildman–Crippen MR) is 61.1 cm³/mol. The number of hydrogen-bond acceptors (Lipinski definition) is 1. The first-order valence-electron chi connectivity index (χ1n) is 5.39. The van der Waals surface area contributed by atoms with E-state index >= 15 is 0 Å². The Kier molecular flexibility index (Phi) is 3.36. The highest BCUT2D eigenvalue weighted by Crippen LogP contribution is 2.13. The summed E-state index contributed by atoms with van der Waals surface area (Å²) in [6.45, 7) is 2.33. The maximum atomic E-state index is 3.42. The lowest BCUT2D eigenvalue weighted by Crippen LogP contribution is -2.28. The van der Waals surface area contributed by atoms with E-state index < -0.39 is 0 Å². The van der Waals surface area contributed by atoms with Crippen molar-refractivity contribution in [1.29, 1.82) is 0 Å². The highest BCUT2D eigenvalue weighted by Gasteiger charge is 2.08. The highest BCUT2D eigenvalue weighted by atomic mass is 14.9. The number of rotatable bonds is 2. The van der Waals surface area contributed by atoms with Gasteiger partial charge in [0.1, 0.15) is 0 Å². The van der Waals surface area contributed by atoms with E-state index in [1.54, 1.807) is 0 Å². The van der Waals surface area contributed by atoms with Crippen LogP contribution in [-0.4, -0.2) is 13.1 Å². The van der Waals surface area contributed by atoms with Crippen LogP contribution in [0.15, 0.2) is 36.4 Å². The second kappa shape index (κ2) is 4.97. The first kappa shape index (κ1) is 9.47. The minimum atomic E-state index is 0.726. The van der Waals surface area contributed by atoms with Crippen molar-refractivity contribution in [2.75, 3.05) is 13.1 Å². The summed E-state index contributed by atoms with van der Waals surface area (Å²) >= 11 is 0. The summed E-state index contributed by atoms with van der Waals surface area (Å²) < 4.78 is 0. The molecule has 1 aromatic rings. The summed E-state index contributed by atoms with van der Waals surface area (Å²) in [4.78, 5) is 0. The zero-order chi connectivity index (χ0) is 9.64. The normalized spacial score (nSPS) is 22.7. The molecule has 1 fully saturated rings. The highest BCUT2D eigenvalue weighted by molar-refractivity contribution is 5.48. The van der Waals surface area contributed by atoms with Crippen LogP contribution < -0.4 is 5.32 Å². The molecular formula is C13H17N. The quantitative estimate of drug-likeness (QED) is 0.750. The Morgan fingerprint density at radius 2 is 2.07 bits per heavy atom. The van der Waals surface area contributed by atoms with Crippen LogP contribution in [0.4, 0.5) is 0 Å². The molecule has 1 atom stereocenters. The molecule has 1 aliphatic heterocycles. The Morgan fingerprint density at radius 3 is 2.79 bits per heavy atom. The van der Waals surface area contributed by atoms with Gasteiger partial charge < -0.3 is 5.32 Å². The smallest absolute Gasteiger partial charge is 0.00143 e. The summed E-state index contributed by atoms with van der Waals surface area (Å²) in [5.41, 5.74) is 1.30. The molecule has 1 heteroatoms. The van der Waals surface area contributed by atoms with E-state index in [2.05, 4.69) is 47.8 Å². The third-order valence-corrected chi connectivity index (χ3v) is 2.70. The number of hydrogen-bond donors (Lipinski definition) is 1. The molecule has 2 rings (SSSR count). The van der Waals surface area contributed by atoms with E-state index in [0.717, 1.165) is 12.5 Å². The molecule has 1 aromatic carbocycles. The average Bonchev–Trinajstić information content (AvgIpc) is 2.29. The van der Waals surface area contributed by atoms with Gasteiger partial charge in [-0.05, 0) is 30.9 Å². The molecule has 0 radical (unpaired) electrons. The molecule has 0 bridgehead atoms. The van der Waals surface area contributed by atoms with Crippen LogP contribution in [0.2, 0.25) is 0 Å². The van der Waals surface area contributed by atoms with E-state index in [4.69, 9.17) is 0 Å². The maximum absolute atomic E-state index is 3.42. The number of benzene rings is 1. The van der Waals surface area contributed by atoms with Gasteiger partial charge in [0, 0.05) is 6.54 Å². The number of nitrogens with one attached hydrogen (secondary N) is 1. The fourth-order valence-electron chi connectivity index (χ4n) is 1.85. The summed E-state index contributed by atoms with van der Waals surface area (Å²) in [6.07, 6.45) is 7.21. The van der Waals surface area contributed by atoms with Crippen LogP contribution in [0, 0.1) is 5.92 Å². The monoisotopic (exact) mass is 187 g/mol. The fraction of sp³-hybridized carbons (Fsp3) is 0.385. The molecule has 1 unspecified atom stereocenters. The molecule has 0 aliphatic carbocycles. The van der Waals surface area contributed by atoms with Crippen molar-refractivity contribution in [3.63, 3.8) is 0 Å². The average molecular weight is 187 g/mol. The van der Waals surface area contributed by atoms with E-state index in [9.17, 15) is 0 Å². The molecule has 0 spiro atoms. The molecule has 0 amide bonds. The van der Waals surface area contributed by atoms with E-state index in [1.807, 2.05) is 0 Å². The van der Waals surface area contributed by atoms with E-state index in [-0.39, 0.29) is 0 Å². The van der Waals surface area contributed by atoms with Crippen molar-refractivity contribution < 1.29 is 0 Å². The minimum absolute atomic E-state index is 0.726. The molecule has 14 heavy (non-hydrogen) atoms. The molecule has 74 valence electrons. The van der Waals surface area contributed by atoms with Gasteiger partial charge in [-0.15, -0.1) is 0 Å². The zero-order valence-corrected chi connectivity index (χ0v) is 8.45. The first-order valence-corrected chi connectivity index (χ1v) is 5.39. The van der Waals surface area contributed by atoms with Crippen molar-refractivity contribution in [3.05, 3.63) is 42.0 Å². The van der Waals surface area contributed by atoms with Crippen molar-refractivity contribution in [1.82, 2.24) is 5.32 Å². The van der Waals surface area contributed by atoms with Crippen LogP contribution in [-0.2, 0) is 0 Å². The standard InChI is InChI=1S/C13H17N/c1-2-5-12(6-3-1)8-9-13-7-4-10-14-11-13/h1-3,5-6,8-9,13-14H,4,7,10-11H2. The number of piperidine rings is 1. The SMILES string of the molecule is C(=CC1CCCNC1)c1ccccc1. The summed E-state index contributed by atoms with van der Waals surface area (Å²) in [7, 11) is 0. The van der Waals surface area contributed by atoms with Crippen LogP contribution in [0.25, 0.3) is 6.08 Å². The first-order chi connectivity index (χ1) is 6.95. The van der Waals surface area contributed by atoms with Gasteiger partial charge in [-0.1, -0.05) is 42.5 Å². The van der Waals surface area contributed by atoms with Crippen LogP contribution >= 0.6 is 0 Å². The fourth-order valence-corrected chi connectivity index (χ4v) is 1.85. The molecule has 1 heterocycles. The second-order valence-electron chi connectivity index (χ2n) is 3.88. The van der Waals surface area contributed by atoms with E-state index in [1.165, 1.54) is 24.9 Å². The van der Waals surface area contributed by atoms with Gasteiger partial charge >= 0.3 is 0 Å². The van der Waals surface area contributed by atoms with Crippen LogP contribution in [0.3, 0.4) is 0 Å². The van der Waals surface area contributed by atoms with Crippen LogP contribution in [0.1, 0.15) is 18.4 Å². The second-order valence-corrected chi connectivity index (χ2v) is 3.88. The molecule has 0 aromatic heterocycles. The Balaban J connectivity index is 1.93.